The zero-order valence-corrected chi connectivity index (χ0v) is 13.7. The molecule has 0 aliphatic rings. The molecule has 0 aliphatic carbocycles. The van der Waals surface area contributed by atoms with E-state index in [4.69, 9.17) is 9.15 Å². The number of furan rings is 1. The second kappa shape index (κ2) is 7.88. The molecule has 0 spiro atoms. The summed E-state index contributed by atoms with van der Waals surface area (Å²) in [6.45, 7) is 2.47. The van der Waals surface area contributed by atoms with Crippen molar-refractivity contribution < 1.29 is 13.9 Å². The monoisotopic (exact) mass is 335 g/mol. The number of H-pyrrole nitrogens is 1. The fraction of sp³-hybridized carbons (Fsp3) is 0.158. The lowest BCUT2D eigenvalue weighted by molar-refractivity contribution is 0.0953. The van der Waals surface area contributed by atoms with Crippen molar-refractivity contribution in [3.8, 4) is 29.0 Å². The van der Waals surface area contributed by atoms with Gasteiger partial charge in [-0.25, -0.2) is 0 Å². The minimum Gasteiger partial charge on any atom is -0.481 e. The SMILES string of the molecule is Cc1ccccc1OCC#CCNC(=O)c1cc(-c2ccco2)[nH]n1. The van der Waals surface area contributed by atoms with Crippen molar-refractivity contribution in [2.45, 2.75) is 6.92 Å². The molecule has 1 aromatic carbocycles. The van der Waals surface area contributed by atoms with Gasteiger partial charge in [0.25, 0.3) is 5.91 Å². The van der Waals surface area contributed by atoms with E-state index >= 15 is 0 Å². The summed E-state index contributed by atoms with van der Waals surface area (Å²) in [6, 6.07) is 12.9. The first-order chi connectivity index (χ1) is 12.2. The molecule has 2 heterocycles. The van der Waals surface area contributed by atoms with Crippen molar-refractivity contribution in [2.75, 3.05) is 13.2 Å². The van der Waals surface area contributed by atoms with E-state index in [0.717, 1.165) is 11.3 Å². The van der Waals surface area contributed by atoms with Gasteiger partial charge in [0, 0.05) is 6.07 Å². The van der Waals surface area contributed by atoms with Crippen molar-refractivity contribution in [1.82, 2.24) is 15.5 Å². The predicted octanol–water partition coefficient (Wildman–Crippen LogP) is 2.79. The normalized spacial score (nSPS) is 9.96. The Morgan fingerprint density at radius 3 is 2.96 bits per heavy atom. The van der Waals surface area contributed by atoms with Crippen LogP contribution in [0.15, 0.2) is 53.1 Å². The lowest BCUT2D eigenvalue weighted by Crippen LogP contribution is -2.24. The van der Waals surface area contributed by atoms with E-state index in [0.29, 0.717) is 11.5 Å². The number of amides is 1. The van der Waals surface area contributed by atoms with Crippen LogP contribution in [0.2, 0.25) is 0 Å². The summed E-state index contributed by atoms with van der Waals surface area (Å²) < 4.78 is 10.8. The van der Waals surface area contributed by atoms with Gasteiger partial charge >= 0.3 is 0 Å². The summed E-state index contributed by atoms with van der Waals surface area (Å²) in [5, 5.41) is 9.42. The van der Waals surface area contributed by atoms with Crippen LogP contribution in [-0.4, -0.2) is 29.3 Å². The van der Waals surface area contributed by atoms with Gasteiger partial charge in [-0.05, 0) is 30.7 Å². The molecule has 0 fully saturated rings. The molecule has 0 aliphatic heterocycles. The lowest BCUT2D eigenvalue weighted by atomic mass is 10.2. The van der Waals surface area contributed by atoms with Crippen molar-refractivity contribution in [2.24, 2.45) is 0 Å². The third-order valence-electron chi connectivity index (χ3n) is 3.45. The molecule has 3 rings (SSSR count). The standard InChI is InChI=1S/C19H17N3O3/c1-14-7-2-3-8-17(14)24-11-5-4-10-20-19(23)16-13-15(21-22-16)18-9-6-12-25-18/h2-3,6-9,12-13H,10-11H2,1H3,(H,20,23)(H,21,22). The van der Waals surface area contributed by atoms with Gasteiger partial charge in [0.1, 0.15) is 18.1 Å². The fourth-order valence-electron chi connectivity index (χ4n) is 2.16. The van der Waals surface area contributed by atoms with Crippen molar-refractivity contribution >= 4 is 5.91 Å². The first-order valence-corrected chi connectivity index (χ1v) is 7.75. The molecule has 1 amide bonds. The minimum absolute atomic E-state index is 0.221. The Kier molecular flexibility index (Phi) is 5.17. The highest BCUT2D eigenvalue weighted by Crippen LogP contribution is 2.17. The molecule has 6 nitrogen and oxygen atoms in total. The van der Waals surface area contributed by atoms with E-state index in [1.54, 1.807) is 24.5 Å². The van der Waals surface area contributed by atoms with Crippen molar-refractivity contribution in [3.63, 3.8) is 0 Å². The van der Waals surface area contributed by atoms with Gasteiger partial charge in [-0.2, -0.15) is 5.10 Å². The van der Waals surface area contributed by atoms with E-state index in [-0.39, 0.29) is 24.8 Å². The number of hydrogen-bond acceptors (Lipinski definition) is 4. The van der Waals surface area contributed by atoms with E-state index < -0.39 is 0 Å². The van der Waals surface area contributed by atoms with Crippen LogP contribution in [0.1, 0.15) is 16.1 Å². The smallest absolute Gasteiger partial charge is 0.272 e. The highest BCUT2D eigenvalue weighted by atomic mass is 16.5. The molecule has 25 heavy (non-hydrogen) atoms. The van der Waals surface area contributed by atoms with E-state index in [9.17, 15) is 4.79 Å². The number of rotatable bonds is 5. The molecular formula is C19H17N3O3. The van der Waals surface area contributed by atoms with Crippen LogP contribution in [-0.2, 0) is 0 Å². The second-order valence-electron chi connectivity index (χ2n) is 5.23. The Hall–Kier alpha value is -3.46. The number of aromatic nitrogens is 2. The summed E-state index contributed by atoms with van der Waals surface area (Å²) in [4.78, 5) is 12.0. The molecule has 2 N–H and O–H groups in total. The zero-order chi connectivity index (χ0) is 17.5. The average Bonchev–Trinajstić information content (AvgIpc) is 3.30. The van der Waals surface area contributed by atoms with Crippen LogP contribution >= 0.6 is 0 Å². The largest absolute Gasteiger partial charge is 0.481 e. The molecule has 2 aromatic heterocycles. The maximum Gasteiger partial charge on any atom is 0.272 e. The van der Waals surface area contributed by atoms with Crippen molar-refractivity contribution in [3.05, 3.63) is 60.0 Å². The van der Waals surface area contributed by atoms with Crippen LogP contribution in [0.3, 0.4) is 0 Å². The Morgan fingerprint density at radius 1 is 1.28 bits per heavy atom. The zero-order valence-electron chi connectivity index (χ0n) is 13.7. The minimum atomic E-state index is -0.303. The number of nitrogens with zero attached hydrogens (tertiary/aromatic N) is 1. The lowest BCUT2D eigenvalue weighted by Gasteiger charge is -2.04. The third-order valence-corrected chi connectivity index (χ3v) is 3.45. The number of hydrogen-bond donors (Lipinski definition) is 2. The quantitative estimate of drug-likeness (QED) is 0.703. The molecule has 0 radical (unpaired) electrons. The number of carbonyl (C=O) groups excluding carboxylic acids is 1. The predicted molar refractivity (Wildman–Crippen MR) is 93.1 cm³/mol. The van der Waals surface area contributed by atoms with Crippen LogP contribution in [0.5, 0.6) is 5.75 Å². The second-order valence-corrected chi connectivity index (χ2v) is 5.23. The van der Waals surface area contributed by atoms with Gasteiger partial charge in [-0.3, -0.25) is 9.89 Å². The Balaban J connectivity index is 1.45. The van der Waals surface area contributed by atoms with Crippen LogP contribution in [0.4, 0.5) is 0 Å². The molecule has 0 atom stereocenters. The third kappa shape index (κ3) is 4.30. The first kappa shape index (κ1) is 16.4. The van der Waals surface area contributed by atoms with Gasteiger partial charge in [0.15, 0.2) is 11.5 Å². The maximum atomic E-state index is 12.0. The van der Waals surface area contributed by atoms with Crippen LogP contribution in [0, 0.1) is 18.8 Å². The molecular weight excluding hydrogens is 318 g/mol. The molecule has 3 aromatic rings. The highest BCUT2D eigenvalue weighted by Gasteiger charge is 2.11. The Labute approximate surface area is 145 Å². The van der Waals surface area contributed by atoms with Gasteiger partial charge in [0.05, 0.1) is 12.8 Å². The summed E-state index contributed by atoms with van der Waals surface area (Å²) >= 11 is 0. The number of para-hydroxylation sites is 1. The highest BCUT2D eigenvalue weighted by molar-refractivity contribution is 5.93. The number of aromatic amines is 1. The number of carbonyl (C=O) groups is 1. The van der Waals surface area contributed by atoms with Crippen molar-refractivity contribution in [1.29, 1.82) is 0 Å². The number of benzene rings is 1. The molecule has 126 valence electrons. The van der Waals surface area contributed by atoms with Gasteiger partial charge < -0.3 is 14.5 Å². The number of aryl methyl sites for hydroxylation is 1. The number of ether oxygens (including phenoxy) is 1. The average molecular weight is 335 g/mol. The van der Waals surface area contributed by atoms with Gasteiger partial charge in [0.2, 0.25) is 0 Å². The maximum absolute atomic E-state index is 12.0. The van der Waals surface area contributed by atoms with E-state index in [1.165, 1.54) is 0 Å². The molecule has 0 bridgehead atoms. The molecule has 0 saturated heterocycles. The molecule has 6 heteroatoms. The number of nitrogens with one attached hydrogen (secondary N) is 2. The summed E-state index contributed by atoms with van der Waals surface area (Å²) in [6.07, 6.45) is 1.56. The summed E-state index contributed by atoms with van der Waals surface area (Å²) in [7, 11) is 0. The summed E-state index contributed by atoms with van der Waals surface area (Å²) in [5.74, 6) is 6.84. The Morgan fingerprint density at radius 2 is 2.16 bits per heavy atom. The van der Waals surface area contributed by atoms with Gasteiger partial charge in [-0.1, -0.05) is 30.0 Å². The topological polar surface area (TPSA) is 80.1 Å². The molecule has 0 saturated carbocycles. The first-order valence-electron chi connectivity index (χ1n) is 7.75. The van der Waals surface area contributed by atoms with E-state index in [1.807, 2.05) is 31.2 Å². The fourth-order valence-corrected chi connectivity index (χ4v) is 2.16. The Bertz CT molecular complexity index is 901. The molecule has 0 unspecified atom stereocenters. The van der Waals surface area contributed by atoms with Crippen LogP contribution in [0.25, 0.3) is 11.5 Å². The van der Waals surface area contributed by atoms with Gasteiger partial charge in [-0.15, -0.1) is 0 Å². The van der Waals surface area contributed by atoms with Crippen LogP contribution < -0.4 is 10.1 Å². The van der Waals surface area contributed by atoms with E-state index in [2.05, 4.69) is 27.4 Å². The summed E-state index contributed by atoms with van der Waals surface area (Å²) in [5.41, 5.74) is 1.99.